The highest BCUT2D eigenvalue weighted by Gasteiger charge is 2.46. The third-order valence-corrected chi connectivity index (χ3v) is 3.72. The minimum atomic E-state index is -0.0569. The van der Waals surface area contributed by atoms with Crippen molar-refractivity contribution in [3.63, 3.8) is 0 Å². The van der Waals surface area contributed by atoms with Crippen molar-refractivity contribution in [3.8, 4) is 0 Å². The maximum absolute atomic E-state index is 5.85. The summed E-state index contributed by atoms with van der Waals surface area (Å²) in [7, 11) is 8.49. The van der Waals surface area contributed by atoms with Gasteiger partial charge >= 0.3 is 0 Å². The molecule has 0 aliphatic carbocycles. The second-order valence-electron chi connectivity index (χ2n) is 5.77. The van der Waals surface area contributed by atoms with Crippen LogP contribution in [-0.2, 0) is 9.47 Å². The Bertz CT molecular complexity index is 212. The lowest BCUT2D eigenvalue weighted by molar-refractivity contribution is -0.907. The Kier molecular flexibility index (Phi) is 3.80. The Morgan fingerprint density at radius 1 is 1.00 bits per heavy atom. The second-order valence-corrected chi connectivity index (χ2v) is 5.77. The van der Waals surface area contributed by atoms with Gasteiger partial charge in [-0.3, -0.25) is 0 Å². The van der Waals surface area contributed by atoms with Crippen molar-refractivity contribution in [1.29, 1.82) is 0 Å². The summed E-state index contributed by atoms with van der Waals surface area (Å²) in [6, 6.07) is 0.582. The first-order valence-electron chi connectivity index (χ1n) is 5.78. The summed E-state index contributed by atoms with van der Waals surface area (Å²) >= 11 is 0. The molecule has 1 rings (SSSR count). The average Bonchev–Trinajstić information content (AvgIpc) is 2.09. The summed E-state index contributed by atoms with van der Waals surface area (Å²) in [6.07, 6.45) is 0.215. The zero-order valence-corrected chi connectivity index (χ0v) is 11.2. The molecule has 0 aromatic carbocycles. The first-order valence-corrected chi connectivity index (χ1v) is 5.78. The summed E-state index contributed by atoms with van der Waals surface area (Å²) in [6.45, 7) is 6.65. The van der Waals surface area contributed by atoms with E-state index in [9.17, 15) is 0 Å². The molecule has 0 radical (unpaired) electrons. The molecule has 1 aliphatic heterocycles. The Balaban J connectivity index is 2.90. The monoisotopic (exact) mass is 216 g/mol. The number of methoxy groups -OCH3 is 1. The topological polar surface area (TPSA) is 18.5 Å². The van der Waals surface area contributed by atoms with Crippen molar-refractivity contribution in [2.75, 3.05) is 28.3 Å². The van der Waals surface area contributed by atoms with Crippen molar-refractivity contribution in [3.05, 3.63) is 0 Å². The van der Waals surface area contributed by atoms with Gasteiger partial charge in [0.2, 0.25) is 0 Å². The van der Waals surface area contributed by atoms with Gasteiger partial charge in [0.05, 0.1) is 33.2 Å². The van der Waals surface area contributed by atoms with Crippen LogP contribution in [0.1, 0.15) is 20.8 Å². The van der Waals surface area contributed by atoms with E-state index < -0.39 is 0 Å². The molecule has 4 unspecified atom stereocenters. The molecule has 1 heterocycles. The van der Waals surface area contributed by atoms with Crippen LogP contribution in [0.15, 0.2) is 0 Å². The average molecular weight is 216 g/mol. The minimum Gasteiger partial charge on any atom is -0.355 e. The van der Waals surface area contributed by atoms with Crippen LogP contribution >= 0.6 is 0 Å². The maximum Gasteiger partial charge on any atom is 0.165 e. The van der Waals surface area contributed by atoms with E-state index in [2.05, 4.69) is 41.9 Å². The van der Waals surface area contributed by atoms with Gasteiger partial charge in [0.25, 0.3) is 0 Å². The van der Waals surface area contributed by atoms with Crippen LogP contribution in [0.25, 0.3) is 0 Å². The van der Waals surface area contributed by atoms with Crippen molar-refractivity contribution < 1.29 is 14.0 Å². The Morgan fingerprint density at radius 3 is 1.93 bits per heavy atom. The van der Waals surface area contributed by atoms with E-state index in [1.807, 2.05) is 0 Å². The van der Waals surface area contributed by atoms with Crippen LogP contribution < -0.4 is 0 Å². The van der Waals surface area contributed by atoms with Gasteiger partial charge in [-0.1, -0.05) is 13.8 Å². The van der Waals surface area contributed by atoms with E-state index in [0.29, 0.717) is 17.9 Å². The molecule has 3 heteroatoms. The van der Waals surface area contributed by atoms with Crippen molar-refractivity contribution >= 4 is 0 Å². The Hall–Kier alpha value is -0.120. The minimum absolute atomic E-state index is 0.0569. The van der Waals surface area contributed by atoms with Gasteiger partial charge in [0.15, 0.2) is 6.29 Å². The van der Waals surface area contributed by atoms with Crippen LogP contribution in [0.4, 0.5) is 0 Å². The molecule has 3 nitrogen and oxygen atoms in total. The van der Waals surface area contributed by atoms with Gasteiger partial charge in [-0.15, -0.1) is 0 Å². The van der Waals surface area contributed by atoms with Crippen LogP contribution in [0.2, 0.25) is 0 Å². The Labute approximate surface area is 93.9 Å². The largest absolute Gasteiger partial charge is 0.355 e. The Morgan fingerprint density at radius 2 is 1.53 bits per heavy atom. The van der Waals surface area contributed by atoms with E-state index in [1.165, 1.54) is 0 Å². The summed E-state index contributed by atoms with van der Waals surface area (Å²) in [5.74, 6) is 0.993. The van der Waals surface area contributed by atoms with Crippen molar-refractivity contribution in [2.45, 2.75) is 39.2 Å². The van der Waals surface area contributed by atoms with Crippen molar-refractivity contribution in [1.82, 2.24) is 0 Å². The van der Waals surface area contributed by atoms with Crippen LogP contribution in [0.3, 0.4) is 0 Å². The molecule has 1 fully saturated rings. The predicted molar refractivity (Wildman–Crippen MR) is 61.5 cm³/mol. The molecule has 1 aliphatic rings. The van der Waals surface area contributed by atoms with Gasteiger partial charge < -0.3 is 14.0 Å². The van der Waals surface area contributed by atoms with Gasteiger partial charge in [0.1, 0.15) is 6.04 Å². The van der Waals surface area contributed by atoms with E-state index in [4.69, 9.17) is 9.47 Å². The van der Waals surface area contributed by atoms with Gasteiger partial charge in [-0.05, 0) is 6.92 Å². The molecule has 0 saturated carbocycles. The van der Waals surface area contributed by atoms with Crippen LogP contribution in [0.5, 0.6) is 0 Å². The normalized spacial score (nSPS) is 43.0. The third kappa shape index (κ3) is 2.52. The molecule has 1 saturated heterocycles. The lowest BCUT2D eigenvalue weighted by atomic mass is 9.82. The number of rotatable bonds is 2. The molecule has 5 atom stereocenters. The lowest BCUT2D eigenvalue weighted by Gasteiger charge is -2.49. The molecule has 0 amide bonds. The number of hydrogen-bond donors (Lipinski definition) is 0. The molecule has 0 spiro atoms. The van der Waals surface area contributed by atoms with Gasteiger partial charge in [-0.25, -0.2) is 0 Å². The third-order valence-electron chi connectivity index (χ3n) is 3.72. The predicted octanol–water partition coefficient (Wildman–Crippen LogP) is 1.72. The highest BCUT2D eigenvalue weighted by molar-refractivity contribution is 4.84. The number of hydrogen-bond acceptors (Lipinski definition) is 2. The second kappa shape index (κ2) is 4.40. The standard InChI is InChI=1S/C12H26NO2/c1-8-10(3)15-12(14-7)9(2)11(8)13(4,5)6/h8-12H,1-7H3/q+1/t8-,9?,10?,11?,12?/m1/s1. The SMILES string of the molecule is COC1OC(C)[C@@H](C)C([N+](C)(C)C)C1C. The molecule has 90 valence electrons. The molecular formula is C12H26NO2+. The van der Waals surface area contributed by atoms with E-state index in [1.54, 1.807) is 7.11 Å². The summed E-state index contributed by atoms with van der Waals surface area (Å²) < 4.78 is 12.2. The van der Waals surface area contributed by atoms with E-state index in [0.717, 1.165) is 4.48 Å². The number of nitrogens with zero attached hydrogens (tertiary/aromatic N) is 1. The molecule has 0 aromatic rings. The molecular weight excluding hydrogens is 190 g/mol. The smallest absolute Gasteiger partial charge is 0.165 e. The number of quaternary nitrogens is 1. The van der Waals surface area contributed by atoms with Crippen molar-refractivity contribution in [2.24, 2.45) is 11.8 Å². The lowest BCUT2D eigenvalue weighted by Crippen LogP contribution is -2.61. The fraction of sp³-hybridized carbons (Fsp3) is 1.00. The fourth-order valence-electron chi connectivity index (χ4n) is 3.06. The number of ether oxygens (including phenoxy) is 2. The maximum atomic E-state index is 5.85. The zero-order valence-electron chi connectivity index (χ0n) is 11.2. The summed E-state index contributed by atoms with van der Waals surface area (Å²) in [4.78, 5) is 0. The highest BCUT2D eigenvalue weighted by atomic mass is 16.7. The summed E-state index contributed by atoms with van der Waals surface area (Å²) in [5, 5.41) is 0. The first kappa shape index (κ1) is 12.9. The highest BCUT2D eigenvalue weighted by Crippen LogP contribution is 2.34. The van der Waals surface area contributed by atoms with Crippen LogP contribution in [0, 0.1) is 11.8 Å². The summed E-state index contributed by atoms with van der Waals surface area (Å²) in [5.41, 5.74) is 0. The first-order chi connectivity index (χ1) is 6.79. The molecule has 0 aromatic heterocycles. The molecule has 0 bridgehead atoms. The molecule has 15 heavy (non-hydrogen) atoms. The van der Waals surface area contributed by atoms with E-state index in [-0.39, 0.29) is 12.4 Å². The zero-order chi connectivity index (χ0) is 11.8. The van der Waals surface area contributed by atoms with Crippen LogP contribution in [-0.4, -0.2) is 51.2 Å². The van der Waals surface area contributed by atoms with E-state index >= 15 is 0 Å². The quantitative estimate of drug-likeness (QED) is 0.654. The molecule has 0 N–H and O–H groups in total. The van der Waals surface area contributed by atoms with Gasteiger partial charge in [0, 0.05) is 13.0 Å². The fourth-order valence-corrected chi connectivity index (χ4v) is 3.06. The van der Waals surface area contributed by atoms with Gasteiger partial charge in [-0.2, -0.15) is 0 Å².